The number of aliphatic hydroxyl groups excluding tert-OH is 1. The van der Waals surface area contributed by atoms with Crippen LogP contribution in [0.3, 0.4) is 0 Å². The van der Waals surface area contributed by atoms with Crippen LogP contribution in [0.2, 0.25) is 0 Å². The second kappa shape index (κ2) is 8.27. The number of anilines is 1. The van der Waals surface area contributed by atoms with E-state index in [1.54, 1.807) is 17.0 Å². The molecule has 1 saturated carbocycles. The first-order chi connectivity index (χ1) is 16.9. The third-order valence-electron chi connectivity index (χ3n) is 8.30. The average molecular weight is 479 g/mol. The highest BCUT2D eigenvalue weighted by molar-refractivity contribution is 5.99. The van der Waals surface area contributed by atoms with Crippen molar-refractivity contribution in [2.45, 2.75) is 57.8 Å². The standard InChI is InChI=1S/C26H30N4O5/c1-16-18(4-5-19-20(16)15-35-24(19)33)21(31)14-28-11-8-26(9-12-28)10-13-29(25(26)34)22-6-7-23(32)30(27-22)17-2-3-17/h4-7,17,21,31H,2-3,8-15H2,1H3/t21-/m0/s1. The van der Waals surface area contributed by atoms with Crippen LogP contribution in [0.5, 0.6) is 0 Å². The zero-order valence-corrected chi connectivity index (χ0v) is 19.9. The van der Waals surface area contributed by atoms with Gasteiger partial charge in [0.1, 0.15) is 6.61 Å². The molecule has 2 aromatic rings. The van der Waals surface area contributed by atoms with Gasteiger partial charge in [0.25, 0.3) is 5.56 Å². The number of nitrogens with zero attached hydrogens (tertiary/aromatic N) is 4. The first kappa shape index (κ1) is 22.4. The van der Waals surface area contributed by atoms with E-state index in [1.165, 1.54) is 10.7 Å². The monoisotopic (exact) mass is 478 g/mol. The lowest BCUT2D eigenvalue weighted by atomic mass is 9.77. The molecule has 1 aromatic carbocycles. The molecule has 2 saturated heterocycles. The fourth-order valence-electron chi connectivity index (χ4n) is 5.88. The van der Waals surface area contributed by atoms with Gasteiger partial charge in [0.15, 0.2) is 5.82 Å². The summed E-state index contributed by atoms with van der Waals surface area (Å²) in [4.78, 5) is 41.4. The Morgan fingerprint density at radius 2 is 1.83 bits per heavy atom. The highest BCUT2D eigenvalue weighted by Crippen LogP contribution is 2.43. The smallest absolute Gasteiger partial charge is 0.338 e. The van der Waals surface area contributed by atoms with Crippen molar-refractivity contribution >= 4 is 17.7 Å². The van der Waals surface area contributed by atoms with Crippen molar-refractivity contribution in [3.63, 3.8) is 0 Å². The number of β-amino-alcohol motifs (C(OH)–C–C–N with tert-alkyl or cyclic N) is 1. The van der Waals surface area contributed by atoms with Crippen LogP contribution in [0, 0.1) is 12.3 Å². The van der Waals surface area contributed by atoms with Crippen LogP contribution in [0.25, 0.3) is 0 Å². The summed E-state index contributed by atoms with van der Waals surface area (Å²) < 4.78 is 6.66. The van der Waals surface area contributed by atoms with Crippen molar-refractivity contribution in [2.24, 2.45) is 5.41 Å². The van der Waals surface area contributed by atoms with Gasteiger partial charge in [-0.15, -0.1) is 0 Å². The summed E-state index contributed by atoms with van der Waals surface area (Å²) in [5.74, 6) is 0.373. The molecule has 3 fully saturated rings. The maximum absolute atomic E-state index is 13.5. The molecule has 0 bridgehead atoms. The van der Waals surface area contributed by atoms with Gasteiger partial charge >= 0.3 is 5.97 Å². The predicted molar refractivity (Wildman–Crippen MR) is 127 cm³/mol. The van der Waals surface area contributed by atoms with E-state index in [0.717, 1.165) is 61.9 Å². The number of aliphatic hydroxyl groups is 1. The lowest BCUT2D eigenvalue weighted by Gasteiger charge is -2.38. The first-order valence-corrected chi connectivity index (χ1v) is 12.5. The number of esters is 1. The minimum atomic E-state index is -0.673. The summed E-state index contributed by atoms with van der Waals surface area (Å²) in [5.41, 5.74) is 2.68. The van der Waals surface area contributed by atoms with Crippen LogP contribution in [0.4, 0.5) is 5.82 Å². The molecule has 9 nitrogen and oxygen atoms in total. The number of carbonyl (C=O) groups is 2. The van der Waals surface area contributed by atoms with Crippen LogP contribution in [-0.4, -0.2) is 57.8 Å². The molecule has 3 aliphatic heterocycles. The molecular formula is C26H30N4O5. The fourth-order valence-corrected chi connectivity index (χ4v) is 5.88. The molecule has 1 N–H and O–H groups in total. The maximum Gasteiger partial charge on any atom is 0.338 e. The molecule has 6 rings (SSSR count). The summed E-state index contributed by atoms with van der Waals surface area (Å²) >= 11 is 0. The SMILES string of the molecule is Cc1c([C@@H](O)CN2CCC3(CC2)CCN(c2ccc(=O)n(C4CC4)n2)C3=O)ccc2c1COC2=O. The fraction of sp³-hybridized carbons (Fsp3) is 0.538. The molecule has 1 amide bonds. The number of rotatable bonds is 5. The van der Waals surface area contributed by atoms with Crippen molar-refractivity contribution in [3.8, 4) is 0 Å². The molecule has 1 aliphatic carbocycles. The third kappa shape index (κ3) is 3.77. The van der Waals surface area contributed by atoms with Gasteiger partial charge in [-0.2, -0.15) is 5.10 Å². The number of ether oxygens (including phenoxy) is 1. The molecule has 35 heavy (non-hydrogen) atoms. The Morgan fingerprint density at radius 1 is 1.09 bits per heavy atom. The summed E-state index contributed by atoms with van der Waals surface area (Å²) in [6, 6.07) is 6.93. The zero-order valence-electron chi connectivity index (χ0n) is 19.9. The number of piperidine rings is 1. The number of amides is 1. The van der Waals surface area contributed by atoms with Crippen molar-refractivity contribution in [1.29, 1.82) is 0 Å². The number of cyclic esters (lactones) is 1. The van der Waals surface area contributed by atoms with Gasteiger partial charge in [-0.25, -0.2) is 9.48 Å². The van der Waals surface area contributed by atoms with Crippen molar-refractivity contribution in [2.75, 3.05) is 31.1 Å². The Bertz CT molecular complexity index is 1260. The number of benzene rings is 1. The summed E-state index contributed by atoms with van der Waals surface area (Å²) in [6.07, 6.45) is 3.52. The highest BCUT2D eigenvalue weighted by Gasteiger charge is 2.49. The normalized spacial score (nSPS) is 22.5. The van der Waals surface area contributed by atoms with E-state index in [1.807, 2.05) is 13.0 Å². The van der Waals surface area contributed by atoms with E-state index >= 15 is 0 Å². The van der Waals surface area contributed by atoms with E-state index in [9.17, 15) is 19.5 Å². The average Bonchev–Trinajstić information content (AvgIpc) is 3.56. The number of aromatic nitrogens is 2. The molecule has 1 aromatic heterocycles. The molecule has 1 spiro atoms. The number of fused-ring (bicyclic) bond motifs is 1. The summed E-state index contributed by atoms with van der Waals surface area (Å²) in [7, 11) is 0. The van der Waals surface area contributed by atoms with Gasteiger partial charge < -0.3 is 14.7 Å². The molecular weight excluding hydrogens is 448 g/mol. The summed E-state index contributed by atoms with van der Waals surface area (Å²) in [5, 5.41) is 15.5. The van der Waals surface area contributed by atoms with Gasteiger partial charge in [0.2, 0.25) is 5.91 Å². The van der Waals surface area contributed by atoms with Crippen LogP contribution in [0.15, 0.2) is 29.1 Å². The van der Waals surface area contributed by atoms with E-state index < -0.39 is 11.5 Å². The van der Waals surface area contributed by atoms with Gasteiger partial charge in [-0.1, -0.05) is 6.07 Å². The Kier molecular flexibility index (Phi) is 5.30. The van der Waals surface area contributed by atoms with Crippen LogP contribution in [-0.2, 0) is 16.1 Å². The van der Waals surface area contributed by atoms with E-state index in [0.29, 0.717) is 24.5 Å². The van der Waals surface area contributed by atoms with Crippen molar-refractivity contribution < 1.29 is 19.4 Å². The van der Waals surface area contributed by atoms with Gasteiger partial charge in [-0.05, 0) is 75.4 Å². The number of hydrogen-bond donors (Lipinski definition) is 1. The summed E-state index contributed by atoms with van der Waals surface area (Å²) in [6.45, 7) is 4.76. The molecule has 1 atom stereocenters. The lowest BCUT2D eigenvalue weighted by molar-refractivity contribution is -0.128. The maximum atomic E-state index is 13.5. The van der Waals surface area contributed by atoms with Crippen molar-refractivity contribution in [1.82, 2.24) is 14.7 Å². The second-order valence-corrected chi connectivity index (χ2v) is 10.4. The Labute approximate surface area is 203 Å². The minimum absolute atomic E-state index is 0.102. The van der Waals surface area contributed by atoms with Gasteiger partial charge in [0, 0.05) is 24.7 Å². The molecule has 4 aliphatic rings. The second-order valence-electron chi connectivity index (χ2n) is 10.4. The molecule has 9 heteroatoms. The number of carbonyl (C=O) groups excluding carboxylic acids is 2. The Hall–Kier alpha value is -3.04. The van der Waals surface area contributed by atoms with Crippen LogP contribution < -0.4 is 10.5 Å². The van der Waals surface area contributed by atoms with Crippen LogP contribution >= 0.6 is 0 Å². The molecule has 0 radical (unpaired) electrons. The predicted octanol–water partition coefficient (Wildman–Crippen LogP) is 2.11. The Balaban J connectivity index is 1.11. The lowest BCUT2D eigenvalue weighted by Crippen LogP contribution is -2.46. The Morgan fingerprint density at radius 3 is 2.57 bits per heavy atom. The van der Waals surface area contributed by atoms with Crippen LogP contribution in [0.1, 0.15) is 71.3 Å². The van der Waals surface area contributed by atoms with Gasteiger partial charge in [-0.3, -0.25) is 14.5 Å². The minimum Gasteiger partial charge on any atom is -0.457 e. The van der Waals surface area contributed by atoms with Crippen molar-refractivity contribution in [3.05, 3.63) is 56.9 Å². The van der Waals surface area contributed by atoms with E-state index in [4.69, 9.17) is 4.74 Å². The van der Waals surface area contributed by atoms with E-state index in [2.05, 4.69) is 10.00 Å². The van der Waals surface area contributed by atoms with E-state index in [-0.39, 0.29) is 30.1 Å². The molecule has 4 heterocycles. The van der Waals surface area contributed by atoms with Gasteiger partial charge in [0.05, 0.1) is 23.1 Å². The largest absolute Gasteiger partial charge is 0.457 e. The third-order valence-corrected chi connectivity index (χ3v) is 8.30. The molecule has 184 valence electrons. The quantitative estimate of drug-likeness (QED) is 0.656. The molecule has 0 unspecified atom stereocenters. The first-order valence-electron chi connectivity index (χ1n) is 12.5. The number of hydrogen-bond acceptors (Lipinski definition) is 7. The zero-order chi connectivity index (χ0) is 24.3. The number of likely N-dealkylation sites (tertiary alicyclic amines) is 1. The highest BCUT2D eigenvalue weighted by atomic mass is 16.5. The topological polar surface area (TPSA) is 105 Å².